The van der Waals surface area contributed by atoms with E-state index in [1.54, 1.807) is 0 Å². The van der Waals surface area contributed by atoms with E-state index in [0.717, 1.165) is 42.9 Å². The Kier molecular flexibility index (Phi) is 5.60. The zero-order valence-corrected chi connectivity index (χ0v) is 17.0. The summed E-state index contributed by atoms with van der Waals surface area (Å²) in [7, 11) is 0. The maximum absolute atomic E-state index is 13.0. The van der Waals surface area contributed by atoms with Gasteiger partial charge in [-0.3, -0.25) is 9.69 Å². The van der Waals surface area contributed by atoms with Crippen LogP contribution in [0.1, 0.15) is 34.6 Å². The molecule has 0 spiro atoms. The molecule has 1 unspecified atom stereocenters. The number of fused-ring (bicyclic) bond motifs is 1. The van der Waals surface area contributed by atoms with E-state index in [0.29, 0.717) is 0 Å². The number of aromatic amines is 2. The lowest BCUT2D eigenvalue weighted by Gasteiger charge is -2.41. The average molecular weight is 374 g/mol. The van der Waals surface area contributed by atoms with Crippen LogP contribution < -0.4 is 10.6 Å². The predicted molar refractivity (Wildman–Crippen MR) is 109 cm³/mol. The van der Waals surface area contributed by atoms with Crippen LogP contribution in [-0.2, 0) is 4.79 Å². The molecular weight excluding hydrogens is 342 g/mol. The number of anilines is 1. The van der Waals surface area contributed by atoms with E-state index >= 15 is 0 Å². The number of nitrogens with one attached hydrogen (secondary N) is 2. The molecule has 1 fully saturated rings. The largest absolute Gasteiger partial charge is 0.367 e. The second-order valence-electron chi connectivity index (χ2n) is 7.91. The quantitative estimate of drug-likeness (QED) is 0.841. The summed E-state index contributed by atoms with van der Waals surface area (Å²) < 4.78 is 0. The van der Waals surface area contributed by atoms with Gasteiger partial charge in [-0.25, -0.2) is 4.79 Å². The molecule has 2 N–H and O–H groups in total. The molecule has 1 saturated heterocycles. The minimum absolute atomic E-state index is 0.125. The van der Waals surface area contributed by atoms with E-state index < -0.39 is 0 Å². The van der Waals surface area contributed by atoms with E-state index in [-0.39, 0.29) is 29.7 Å². The molecule has 1 aliphatic heterocycles. The Hall–Kier alpha value is -2.28. The third-order valence-electron chi connectivity index (χ3n) is 5.46. The minimum Gasteiger partial charge on any atom is -0.367 e. The van der Waals surface area contributed by atoms with E-state index in [4.69, 9.17) is 0 Å². The van der Waals surface area contributed by atoms with Crippen LogP contribution in [-0.4, -0.2) is 70.0 Å². The van der Waals surface area contributed by atoms with Crippen LogP contribution in [0.5, 0.6) is 0 Å². The lowest BCUT2D eigenvalue weighted by molar-refractivity contribution is -0.140. The third-order valence-corrected chi connectivity index (χ3v) is 5.46. The second kappa shape index (κ2) is 7.76. The lowest BCUT2D eigenvalue weighted by atomic mass is 10.1. The molecule has 7 nitrogen and oxygen atoms in total. The zero-order valence-electron chi connectivity index (χ0n) is 17.0. The van der Waals surface area contributed by atoms with E-state index in [1.807, 2.05) is 30.0 Å². The van der Waals surface area contributed by atoms with Crippen LogP contribution >= 0.6 is 0 Å². The molecule has 0 saturated carbocycles. The molecule has 0 bridgehead atoms. The number of hydrogen-bond acceptors (Lipinski definition) is 4. The van der Waals surface area contributed by atoms with E-state index in [1.165, 1.54) is 0 Å². The van der Waals surface area contributed by atoms with Crippen LogP contribution in [0.4, 0.5) is 5.69 Å². The maximum atomic E-state index is 13.0. The molecule has 1 aromatic heterocycles. The highest BCUT2D eigenvalue weighted by atomic mass is 16.2. The number of hydrogen-bond donors (Lipinski definition) is 2. The number of benzene rings is 1. The minimum atomic E-state index is -0.183. The Morgan fingerprint density at radius 1 is 1.00 bits per heavy atom. The van der Waals surface area contributed by atoms with Crippen molar-refractivity contribution in [3.63, 3.8) is 0 Å². The maximum Gasteiger partial charge on any atom is 0.323 e. The number of carbonyl (C=O) groups is 1. The van der Waals surface area contributed by atoms with Gasteiger partial charge in [0.05, 0.1) is 22.8 Å². The Morgan fingerprint density at radius 2 is 1.63 bits per heavy atom. The number of imidazole rings is 1. The number of para-hydroxylation sites is 1. The SMILES string of the molecule is CC(C(=O)N(C(C)C)C(C)C)N1CCN(c2cccc3[nH]c(=O)[nH]c23)CC1. The molecule has 1 aromatic carbocycles. The number of amides is 1. The number of nitrogens with zero attached hydrogens (tertiary/aromatic N) is 3. The number of aromatic nitrogens is 2. The highest BCUT2D eigenvalue weighted by Gasteiger charge is 2.31. The fourth-order valence-electron chi connectivity index (χ4n) is 4.13. The standard InChI is InChI=1S/C20H31N5O2/c1-13(2)25(14(3)4)19(26)15(5)23-9-11-24(12-10-23)17-8-6-7-16-18(17)22-20(27)21-16/h6-8,13-15H,9-12H2,1-5H3,(H2,21,22,27). The van der Waals surface area contributed by atoms with Gasteiger partial charge >= 0.3 is 5.69 Å². The van der Waals surface area contributed by atoms with Crippen LogP contribution in [0.15, 0.2) is 23.0 Å². The topological polar surface area (TPSA) is 75.4 Å². The van der Waals surface area contributed by atoms with Gasteiger partial charge in [-0.2, -0.15) is 0 Å². The summed E-state index contributed by atoms with van der Waals surface area (Å²) in [6.07, 6.45) is 0. The molecule has 3 rings (SSSR count). The molecule has 27 heavy (non-hydrogen) atoms. The van der Waals surface area contributed by atoms with Gasteiger partial charge in [0, 0.05) is 38.3 Å². The summed E-state index contributed by atoms with van der Waals surface area (Å²) >= 11 is 0. The molecule has 7 heteroatoms. The zero-order chi connectivity index (χ0) is 19.7. The number of H-pyrrole nitrogens is 2. The van der Waals surface area contributed by atoms with Crippen LogP contribution in [0, 0.1) is 0 Å². The highest BCUT2D eigenvalue weighted by Crippen LogP contribution is 2.25. The number of rotatable bonds is 5. The van der Waals surface area contributed by atoms with Crippen molar-refractivity contribution < 1.29 is 4.79 Å². The third kappa shape index (κ3) is 3.88. The Labute approximate surface area is 160 Å². The lowest BCUT2D eigenvalue weighted by Crippen LogP contribution is -2.56. The van der Waals surface area contributed by atoms with Gasteiger partial charge in [-0.1, -0.05) is 6.07 Å². The molecule has 2 heterocycles. The first-order chi connectivity index (χ1) is 12.8. The average Bonchev–Trinajstić information content (AvgIpc) is 3.00. The highest BCUT2D eigenvalue weighted by molar-refractivity contribution is 5.88. The molecule has 1 atom stereocenters. The number of carbonyl (C=O) groups excluding carboxylic acids is 1. The monoisotopic (exact) mass is 373 g/mol. The van der Waals surface area contributed by atoms with Crippen LogP contribution in [0.25, 0.3) is 11.0 Å². The van der Waals surface area contributed by atoms with Crippen molar-refractivity contribution in [3.05, 3.63) is 28.7 Å². The van der Waals surface area contributed by atoms with Crippen molar-refractivity contribution in [3.8, 4) is 0 Å². The molecule has 148 valence electrons. The van der Waals surface area contributed by atoms with Crippen LogP contribution in [0.3, 0.4) is 0 Å². The first-order valence-corrected chi connectivity index (χ1v) is 9.81. The number of piperazine rings is 1. The Morgan fingerprint density at radius 3 is 2.22 bits per heavy atom. The molecular formula is C20H31N5O2. The van der Waals surface area contributed by atoms with Crippen molar-refractivity contribution in [2.24, 2.45) is 0 Å². The second-order valence-corrected chi connectivity index (χ2v) is 7.91. The van der Waals surface area contributed by atoms with Gasteiger partial charge in [-0.05, 0) is 46.8 Å². The van der Waals surface area contributed by atoms with Gasteiger partial charge in [0.2, 0.25) is 5.91 Å². The van der Waals surface area contributed by atoms with Gasteiger partial charge in [0.1, 0.15) is 0 Å². The van der Waals surface area contributed by atoms with Crippen molar-refractivity contribution in [1.82, 2.24) is 19.8 Å². The fraction of sp³-hybridized carbons (Fsp3) is 0.600. The fourth-order valence-corrected chi connectivity index (χ4v) is 4.13. The predicted octanol–water partition coefficient (Wildman–Crippen LogP) is 2.01. The van der Waals surface area contributed by atoms with Crippen LogP contribution in [0.2, 0.25) is 0 Å². The van der Waals surface area contributed by atoms with Gasteiger partial charge in [0.25, 0.3) is 0 Å². The van der Waals surface area contributed by atoms with Gasteiger partial charge < -0.3 is 19.8 Å². The Bertz CT molecular complexity index is 837. The first-order valence-electron chi connectivity index (χ1n) is 9.81. The van der Waals surface area contributed by atoms with E-state index in [2.05, 4.69) is 47.5 Å². The summed E-state index contributed by atoms with van der Waals surface area (Å²) in [6.45, 7) is 13.6. The van der Waals surface area contributed by atoms with Gasteiger partial charge in [0.15, 0.2) is 0 Å². The van der Waals surface area contributed by atoms with E-state index in [9.17, 15) is 9.59 Å². The summed E-state index contributed by atoms with van der Waals surface area (Å²) in [5, 5.41) is 0. The van der Waals surface area contributed by atoms with Crippen molar-refractivity contribution in [2.45, 2.75) is 52.7 Å². The van der Waals surface area contributed by atoms with Crippen molar-refractivity contribution >= 4 is 22.6 Å². The summed E-state index contributed by atoms with van der Waals surface area (Å²) in [6, 6.07) is 6.17. The summed E-state index contributed by atoms with van der Waals surface area (Å²) in [4.78, 5) is 36.8. The molecule has 2 aromatic rings. The van der Waals surface area contributed by atoms with Crippen molar-refractivity contribution in [2.75, 3.05) is 31.1 Å². The smallest absolute Gasteiger partial charge is 0.323 e. The molecule has 0 aliphatic carbocycles. The normalized spacial score (nSPS) is 17.1. The summed E-state index contributed by atoms with van der Waals surface area (Å²) in [5.74, 6) is 0.200. The molecule has 1 aliphatic rings. The molecule has 0 radical (unpaired) electrons. The van der Waals surface area contributed by atoms with Gasteiger partial charge in [-0.15, -0.1) is 0 Å². The summed E-state index contributed by atoms with van der Waals surface area (Å²) in [5.41, 5.74) is 2.53. The first kappa shape index (κ1) is 19.5. The molecule has 1 amide bonds. The Balaban J connectivity index is 1.69. The van der Waals surface area contributed by atoms with Crippen molar-refractivity contribution in [1.29, 1.82) is 0 Å².